The Bertz CT molecular complexity index is 528. The normalized spacial score (nSPS) is 16.2. The number of carbonyl (C=O) groups is 1. The van der Waals surface area contributed by atoms with Crippen LogP contribution in [0.2, 0.25) is 0 Å². The summed E-state index contributed by atoms with van der Waals surface area (Å²) < 4.78 is 37.4. The highest BCUT2D eigenvalue weighted by atomic mass is 19.4. The lowest BCUT2D eigenvalue weighted by atomic mass is 10.1. The van der Waals surface area contributed by atoms with Crippen molar-refractivity contribution in [2.75, 3.05) is 18.0 Å². The highest BCUT2D eigenvalue weighted by molar-refractivity contribution is 5.93. The highest BCUT2D eigenvalue weighted by Gasteiger charge is 2.35. The van der Waals surface area contributed by atoms with Crippen LogP contribution in [0.1, 0.15) is 16.8 Å². The van der Waals surface area contributed by atoms with Crippen LogP contribution in [-0.4, -0.2) is 40.5 Å². The maximum Gasteiger partial charge on any atom is 0.412 e. The summed E-state index contributed by atoms with van der Waals surface area (Å²) in [7, 11) is 0. The molecule has 0 bridgehead atoms. The molecule has 1 aromatic heterocycles. The van der Waals surface area contributed by atoms with E-state index in [4.69, 9.17) is 5.11 Å². The number of hydrogen-bond acceptors (Lipinski definition) is 4. The number of halogens is 3. The topological polar surface area (TPSA) is 66.3 Å². The van der Waals surface area contributed by atoms with Crippen LogP contribution in [0.3, 0.4) is 0 Å². The molecule has 5 nitrogen and oxygen atoms in total. The van der Waals surface area contributed by atoms with Crippen molar-refractivity contribution in [3.05, 3.63) is 29.5 Å². The summed E-state index contributed by atoms with van der Waals surface area (Å²) in [5, 5.41) is 16.3. The van der Waals surface area contributed by atoms with Crippen LogP contribution < -0.4 is 4.90 Å². The second-order valence-electron chi connectivity index (χ2n) is 4.00. The van der Waals surface area contributed by atoms with Gasteiger partial charge in [-0.3, -0.25) is 0 Å². The Balaban J connectivity index is 2.23. The lowest BCUT2D eigenvalue weighted by molar-refractivity contribution is -0.0944. The lowest BCUT2D eigenvalue weighted by Gasteiger charge is -2.28. The predicted molar refractivity (Wildman–Crippen MR) is 60.0 cm³/mol. The van der Waals surface area contributed by atoms with Gasteiger partial charge in [0.2, 0.25) is 0 Å². The molecule has 0 aliphatic carbocycles. The molecule has 2 rings (SSSR count). The van der Waals surface area contributed by atoms with Gasteiger partial charge in [-0.2, -0.15) is 18.3 Å². The molecule has 2 heterocycles. The molecule has 1 aliphatic rings. The van der Waals surface area contributed by atoms with Gasteiger partial charge < -0.3 is 10.0 Å². The van der Waals surface area contributed by atoms with Crippen LogP contribution in [0.15, 0.2) is 23.9 Å². The summed E-state index contributed by atoms with van der Waals surface area (Å²) in [6.45, 7) is 0.0259. The largest absolute Gasteiger partial charge is 0.478 e. The molecule has 0 spiro atoms. The molecule has 1 N–H and O–H groups in total. The van der Waals surface area contributed by atoms with Gasteiger partial charge in [0, 0.05) is 18.7 Å². The molecule has 0 saturated carbocycles. The minimum absolute atomic E-state index is 0.0339. The van der Waals surface area contributed by atoms with E-state index in [9.17, 15) is 18.0 Å². The van der Waals surface area contributed by atoms with Crippen LogP contribution >= 0.6 is 0 Å². The van der Waals surface area contributed by atoms with Crippen molar-refractivity contribution in [2.45, 2.75) is 12.6 Å². The molecule has 0 fully saturated rings. The van der Waals surface area contributed by atoms with Gasteiger partial charge >= 0.3 is 12.1 Å². The Morgan fingerprint density at radius 2 is 2.16 bits per heavy atom. The van der Waals surface area contributed by atoms with E-state index in [1.807, 2.05) is 0 Å². The van der Waals surface area contributed by atoms with Gasteiger partial charge in [0.05, 0.1) is 6.20 Å². The van der Waals surface area contributed by atoms with Crippen molar-refractivity contribution in [2.24, 2.45) is 0 Å². The molecule has 0 saturated heterocycles. The van der Waals surface area contributed by atoms with Crippen molar-refractivity contribution in [3.63, 3.8) is 0 Å². The van der Waals surface area contributed by atoms with E-state index in [2.05, 4.69) is 10.2 Å². The third kappa shape index (κ3) is 2.83. The second-order valence-corrected chi connectivity index (χ2v) is 4.00. The van der Waals surface area contributed by atoms with Crippen molar-refractivity contribution >= 4 is 11.8 Å². The van der Waals surface area contributed by atoms with Gasteiger partial charge in [-0.1, -0.05) is 6.08 Å². The van der Waals surface area contributed by atoms with E-state index >= 15 is 0 Å². The zero-order valence-electron chi connectivity index (χ0n) is 9.68. The van der Waals surface area contributed by atoms with Crippen molar-refractivity contribution in [1.82, 2.24) is 10.2 Å². The van der Waals surface area contributed by atoms with E-state index in [0.29, 0.717) is 0 Å². The van der Waals surface area contributed by atoms with E-state index in [-0.39, 0.29) is 30.9 Å². The second kappa shape index (κ2) is 4.87. The number of nitrogens with zero attached hydrogens (tertiary/aromatic N) is 3. The number of aromatic nitrogens is 2. The molecule has 0 amide bonds. The Hall–Kier alpha value is -2.12. The summed E-state index contributed by atoms with van der Waals surface area (Å²) in [5.74, 6) is -1.09. The average molecular weight is 273 g/mol. The smallest absolute Gasteiger partial charge is 0.412 e. The minimum Gasteiger partial charge on any atom is -0.478 e. The van der Waals surface area contributed by atoms with Gasteiger partial charge in [-0.15, -0.1) is 5.10 Å². The van der Waals surface area contributed by atoms with Crippen LogP contribution in [0.25, 0.3) is 0 Å². The lowest BCUT2D eigenvalue weighted by Crippen LogP contribution is -2.33. The molecule has 0 unspecified atom stereocenters. The van der Waals surface area contributed by atoms with E-state index < -0.39 is 17.7 Å². The van der Waals surface area contributed by atoms with Crippen molar-refractivity contribution < 1.29 is 23.1 Å². The molecule has 8 heteroatoms. The number of rotatable bonds is 2. The fourth-order valence-corrected chi connectivity index (χ4v) is 1.84. The van der Waals surface area contributed by atoms with E-state index in [1.54, 1.807) is 0 Å². The maximum absolute atomic E-state index is 12.5. The molecule has 1 aliphatic heterocycles. The number of hydrogen-bond donors (Lipinski definition) is 1. The number of carboxylic acids is 1. The number of alkyl halides is 3. The monoisotopic (exact) mass is 273 g/mol. The molecule has 0 atom stereocenters. The van der Waals surface area contributed by atoms with Crippen LogP contribution in [-0.2, 0) is 0 Å². The molecule has 0 aromatic carbocycles. The SMILES string of the molecule is O=C(O)c1ccnnc1N1CC=C(C(F)(F)F)CC1. The third-order valence-electron chi connectivity index (χ3n) is 2.80. The Morgan fingerprint density at radius 1 is 1.42 bits per heavy atom. The van der Waals surface area contributed by atoms with Gasteiger partial charge in [0.1, 0.15) is 5.56 Å². The van der Waals surface area contributed by atoms with E-state index in [0.717, 1.165) is 6.08 Å². The first kappa shape index (κ1) is 13.3. The van der Waals surface area contributed by atoms with Gasteiger partial charge in [0.15, 0.2) is 5.82 Å². The first-order valence-corrected chi connectivity index (χ1v) is 5.46. The standard InChI is InChI=1S/C11H10F3N3O2/c12-11(13,14)7-2-5-17(6-3-7)9-8(10(18)19)1-4-15-16-9/h1-2,4H,3,5-6H2,(H,18,19). The minimum atomic E-state index is -4.33. The highest BCUT2D eigenvalue weighted by Crippen LogP contribution is 2.31. The Kier molecular flexibility index (Phi) is 3.41. The van der Waals surface area contributed by atoms with Gasteiger partial charge in [0.25, 0.3) is 0 Å². The molecular formula is C11H10F3N3O2. The molecule has 1 aromatic rings. The summed E-state index contributed by atoms with van der Waals surface area (Å²) in [6.07, 6.45) is -2.25. The number of carboxylic acid groups (broad SMARTS) is 1. The van der Waals surface area contributed by atoms with Crippen LogP contribution in [0.5, 0.6) is 0 Å². The number of anilines is 1. The van der Waals surface area contributed by atoms with Gasteiger partial charge in [-0.05, 0) is 12.5 Å². The zero-order valence-corrected chi connectivity index (χ0v) is 9.68. The van der Waals surface area contributed by atoms with Crippen LogP contribution in [0.4, 0.5) is 19.0 Å². The Labute approximate surface area is 106 Å². The zero-order chi connectivity index (χ0) is 14.0. The Morgan fingerprint density at radius 3 is 2.68 bits per heavy atom. The quantitative estimate of drug-likeness (QED) is 0.833. The summed E-state index contributed by atoms with van der Waals surface area (Å²) in [5.41, 5.74) is -0.664. The molecule has 0 radical (unpaired) electrons. The molecule has 102 valence electrons. The summed E-state index contributed by atoms with van der Waals surface area (Å²) >= 11 is 0. The third-order valence-corrected chi connectivity index (χ3v) is 2.80. The first-order valence-electron chi connectivity index (χ1n) is 5.46. The number of aromatic carboxylic acids is 1. The predicted octanol–water partition coefficient (Wildman–Crippen LogP) is 1.87. The van der Waals surface area contributed by atoms with Crippen molar-refractivity contribution in [3.8, 4) is 0 Å². The fraction of sp³-hybridized carbons (Fsp3) is 0.364. The van der Waals surface area contributed by atoms with Crippen LogP contribution in [0, 0.1) is 0 Å². The van der Waals surface area contributed by atoms with E-state index in [1.165, 1.54) is 17.2 Å². The summed E-state index contributed by atoms with van der Waals surface area (Å²) in [4.78, 5) is 12.5. The summed E-state index contributed by atoms with van der Waals surface area (Å²) in [6, 6.07) is 1.27. The molecular weight excluding hydrogens is 263 g/mol. The average Bonchev–Trinajstić information content (AvgIpc) is 2.38. The molecule has 19 heavy (non-hydrogen) atoms. The fourth-order valence-electron chi connectivity index (χ4n) is 1.84. The van der Waals surface area contributed by atoms with Gasteiger partial charge in [-0.25, -0.2) is 4.79 Å². The first-order chi connectivity index (χ1) is 8.89. The van der Waals surface area contributed by atoms with Crippen molar-refractivity contribution in [1.29, 1.82) is 0 Å². The maximum atomic E-state index is 12.5.